The standard InChI is InChI=1S/C13H21FN2S/c1-10(15-2)13-11(14)6-5-7-12(13)16(3)8-9-17-4/h5-7,10,15H,8-9H2,1-4H3. The number of benzene rings is 1. The van der Waals surface area contributed by atoms with Crippen LogP contribution in [0, 0.1) is 5.82 Å². The summed E-state index contributed by atoms with van der Waals surface area (Å²) in [5.41, 5.74) is 1.72. The van der Waals surface area contributed by atoms with Crippen LogP contribution in [-0.4, -0.2) is 32.6 Å². The summed E-state index contributed by atoms with van der Waals surface area (Å²) in [6.45, 7) is 2.90. The molecular weight excluding hydrogens is 235 g/mol. The van der Waals surface area contributed by atoms with Crippen molar-refractivity contribution in [2.45, 2.75) is 13.0 Å². The van der Waals surface area contributed by atoms with Crippen LogP contribution in [0.5, 0.6) is 0 Å². The lowest BCUT2D eigenvalue weighted by molar-refractivity contribution is 0.561. The fourth-order valence-corrected chi connectivity index (χ4v) is 2.24. The van der Waals surface area contributed by atoms with Crippen LogP contribution in [-0.2, 0) is 0 Å². The summed E-state index contributed by atoms with van der Waals surface area (Å²) in [7, 11) is 3.86. The van der Waals surface area contributed by atoms with Gasteiger partial charge in [-0.25, -0.2) is 4.39 Å². The van der Waals surface area contributed by atoms with E-state index < -0.39 is 0 Å². The van der Waals surface area contributed by atoms with Gasteiger partial charge >= 0.3 is 0 Å². The Bertz CT molecular complexity index is 357. The Balaban J connectivity index is 3.01. The third kappa shape index (κ3) is 3.61. The number of nitrogens with zero attached hydrogens (tertiary/aromatic N) is 1. The van der Waals surface area contributed by atoms with Gasteiger partial charge in [0, 0.05) is 36.6 Å². The molecule has 4 heteroatoms. The van der Waals surface area contributed by atoms with Crippen molar-refractivity contribution in [3.63, 3.8) is 0 Å². The highest BCUT2D eigenvalue weighted by Gasteiger charge is 2.16. The molecule has 1 unspecified atom stereocenters. The minimum atomic E-state index is -0.139. The Labute approximate surface area is 108 Å². The van der Waals surface area contributed by atoms with Crippen LogP contribution in [0.4, 0.5) is 10.1 Å². The molecule has 17 heavy (non-hydrogen) atoms. The normalized spacial score (nSPS) is 12.5. The minimum Gasteiger partial charge on any atom is -0.373 e. The second kappa shape index (κ2) is 6.87. The Morgan fingerprint density at radius 1 is 1.47 bits per heavy atom. The largest absolute Gasteiger partial charge is 0.373 e. The van der Waals surface area contributed by atoms with Crippen LogP contribution >= 0.6 is 11.8 Å². The van der Waals surface area contributed by atoms with E-state index in [9.17, 15) is 4.39 Å². The smallest absolute Gasteiger partial charge is 0.130 e. The maximum atomic E-state index is 13.9. The predicted octanol–water partition coefficient (Wildman–Crippen LogP) is 2.91. The first-order valence-corrected chi connectivity index (χ1v) is 7.17. The molecule has 0 aliphatic heterocycles. The van der Waals surface area contributed by atoms with E-state index in [1.807, 2.05) is 27.1 Å². The summed E-state index contributed by atoms with van der Waals surface area (Å²) >= 11 is 1.80. The van der Waals surface area contributed by atoms with Gasteiger partial charge in [0.1, 0.15) is 5.82 Å². The van der Waals surface area contributed by atoms with Gasteiger partial charge in [0.2, 0.25) is 0 Å². The fourth-order valence-electron chi connectivity index (χ4n) is 1.78. The number of hydrogen-bond donors (Lipinski definition) is 1. The summed E-state index contributed by atoms with van der Waals surface area (Å²) in [4.78, 5) is 2.11. The van der Waals surface area contributed by atoms with E-state index in [1.165, 1.54) is 6.07 Å². The van der Waals surface area contributed by atoms with Crippen molar-refractivity contribution >= 4 is 17.4 Å². The van der Waals surface area contributed by atoms with Crippen molar-refractivity contribution in [3.05, 3.63) is 29.6 Å². The molecule has 0 amide bonds. The fraction of sp³-hybridized carbons (Fsp3) is 0.538. The summed E-state index contributed by atoms with van der Waals surface area (Å²) < 4.78 is 13.9. The Morgan fingerprint density at radius 2 is 2.18 bits per heavy atom. The molecule has 0 spiro atoms. The van der Waals surface area contributed by atoms with Crippen LogP contribution in [0.25, 0.3) is 0 Å². The third-order valence-electron chi connectivity index (χ3n) is 2.94. The van der Waals surface area contributed by atoms with Crippen LogP contribution in [0.15, 0.2) is 18.2 Å². The molecule has 2 nitrogen and oxygen atoms in total. The number of thioether (sulfide) groups is 1. The predicted molar refractivity (Wildman–Crippen MR) is 75.5 cm³/mol. The van der Waals surface area contributed by atoms with E-state index in [1.54, 1.807) is 17.8 Å². The molecule has 0 aromatic heterocycles. The van der Waals surface area contributed by atoms with Gasteiger partial charge in [0.15, 0.2) is 0 Å². The summed E-state index contributed by atoms with van der Waals surface area (Å²) in [5.74, 6) is 0.903. The maximum absolute atomic E-state index is 13.9. The van der Waals surface area contributed by atoms with Crippen molar-refractivity contribution in [1.82, 2.24) is 5.32 Å². The molecule has 0 bridgehead atoms. The molecule has 0 fully saturated rings. The second-order valence-electron chi connectivity index (χ2n) is 4.10. The molecule has 1 aromatic rings. The summed E-state index contributed by atoms with van der Waals surface area (Å²) in [6, 6.07) is 5.29. The van der Waals surface area contributed by atoms with Gasteiger partial charge in [-0.3, -0.25) is 0 Å². The lowest BCUT2D eigenvalue weighted by Crippen LogP contribution is -2.24. The summed E-state index contributed by atoms with van der Waals surface area (Å²) in [6.07, 6.45) is 2.08. The molecule has 0 heterocycles. The molecule has 1 aromatic carbocycles. The molecule has 1 N–H and O–H groups in total. The molecule has 1 rings (SSSR count). The number of halogens is 1. The van der Waals surface area contributed by atoms with Crippen LogP contribution in [0.1, 0.15) is 18.5 Å². The molecule has 0 aliphatic carbocycles. The SMILES string of the molecule is CNC(C)c1c(F)cccc1N(C)CCSC. The van der Waals surface area contributed by atoms with E-state index in [-0.39, 0.29) is 11.9 Å². The number of anilines is 1. The van der Waals surface area contributed by atoms with E-state index in [0.29, 0.717) is 0 Å². The third-order valence-corrected chi connectivity index (χ3v) is 3.53. The maximum Gasteiger partial charge on any atom is 0.130 e. The zero-order valence-corrected chi connectivity index (χ0v) is 11.8. The van der Waals surface area contributed by atoms with Gasteiger partial charge in [0.25, 0.3) is 0 Å². The molecule has 0 radical (unpaired) electrons. The zero-order valence-electron chi connectivity index (χ0n) is 11.0. The lowest BCUT2D eigenvalue weighted by Gasteiger charge is -2.25. The van der Waals surface area contributed by atoms with E-state index in [0.717, 1.165) is 23.5 Å². The van der Waals surface area contributed by atoms with Gasteiger partial charge < -0.3 is 10.2 Å². The van der Waals surface area contributed by atoms with E-state index in [2.05, 4.69) is 16.5 Å². The average molecular weight is 256 g/mol. The Hall–Kier alpha value is -0.740. The van der Waals surface area contributed by atoms with E-state index >= 15 is 0 Å². The minimum absolute atomic E-state index is 0.0166. The molecule has 96 valence electrons. The number of rotatable bonds is 6. The van der Waals surface area contributed by atoms with Crippen molar-refractivity contribution in [2.75, 3.05) is 37.5 Å². The number of hydrogen-bond acceptors (Lipinski definition) is 3. The van der Waals surface area contributed by atoms with Gasteiger partial charge in [0.05, 0.1) is 0 Å². The Morgan fingerprint density at radius 3 is 2.76 bits per heavy atom. The van der Waals surface area contributed by atoms with Gasteiger partial charge in [-0.15, -0.1) is 0 Å². The first-order valence-electron chi connectivity index (χ1n) is 5.77. The second-order valence-corrected chi connectivity index (χ2v) is 5.08. The highest BCUT2D eigenvalue weighted by atomic mass is 32.2. The van der Waals surface area contributed by atoms with Crippen molar-refractivity contribution < 1.29 is 4.39 Å². The van der Waals surface area contributed by atoms with Gasteiger partial charge in [-0.05, 0) is 32.4 Å². The highest BCUT2D eigenvalue weighted by molar-refractivity contribution is 7.98. The molecule has 0 saturated heterocycles. The molecular formula is C13H21FN2S. The van der Waals surface area contributed by atoms with Crippen LogP contribution < -0.4 is 10.2 Å². The zero-order chi connectivity index (χ0) is 12.8. The van der Waals surface area contributed by atoms with Crippen LogP contribution in [0.2, 0.25) is 0 Å². The van der Waals surface area contributed by atoms with E-state index in [4.69, 9.17) is 0 Å². The average Bonchev–Trinajstić information content (AvgIpc) is 2.34. The van der Waals surface area contributed by atoms with Crippen molar-refractivity contribution in [1.29, 1.82) is 0 Å². The topological polar surface area (TPSA) is 15.3 Å². The van der Waals surface area contributed by atoms with Gasteiger partial charge in [-0.1, -0.05) is 6.07 Å². The number of nitrogens with one attached hydrogen (secondary N) is 1. The Kier molecular flexibility index (Phi) is 5.78. The van der Waals surface area contributed by atoms with Crippen LogP contribution in [0.3, 0.4) is 0 Å². The quantitative estimate of drug-likeness (QED) is 0.842. The first kappa shape index (κ1) is 14.3. The van der Waals surface area contributed by atoms with Gasteiger partial charge in [-0.2, -0.15) is 11.8 Å². The summed E-state index contributed by atoms with van der Waals surface area (Å²) in [5, 5.41) is 3.10. The molecule has 0 saturated carbocycles. The molecule has 0 aliphatic rings. The lowest BCUT2D eigenvalue weighted by atomic mass is 10.0. The van der Waals surface area contributed by atoms with Crippen molar-refractivity contribution in [3.8, 4) is 0 Å². The first-order chi connectivity index (χ1) is 8.11. The van der Waals surface area contributed by atoms with Crippen molar-refractivity contribution in [2.24, 2.45) is 0 Å². The highest BCUT2D eigenvalue weighted by Crippen LogP contribution is 2.28. The monoisotopic (exact) mass is 256 g/mol. The molecule has 1 atom stereocenters.